The van der Waals surface area contributed by atoms with Gasteiger partial charge in [0.15, 0.2) is 0 Å². The van der Waals surface area contributed by atoms with Gasteiger partial charge in [-0.3, -0.25) is 9.69 Å². The predicted octanol–water partition coefficient (Wildman–Crippen LogP) is 2.38. The molecule has 27 heavy (non-hydrogen) atoms. The van der Waals surface area contributed by atoms with E-state index in [0.717, 1.165) is 30.8 Å². The van der Waals surface area contributed by atoms with Crippen molar-refractivity contribution in [3.05, 3.63) is 23.8 Å². The number of fused-ring (bicyclic) bond motifs is 1. The molecule has 0 bridgehead atoms. The van der Waals surface area contributed by atoms with Crippen molar-refractivity contribution in [3.8, 4) is 0 Å². The lowest BCUT2D eigenvalue weighted by Crippen LogP contribution is -2.46. The van der Waals surface area contributed by atoms with E-state index in [2.05, 4.69) is 23.5 Å². The van der Waals surface area contributed by atoms with E-state index < -0.39 is 10.0 Å². The fourth-order valence-electron chi connectivity index (χ4n) is 4.09. The minimum absolute atomic E-state index is 0.00500. The molecule has 1 saturated heterocycles. The van der Waals surface area contributed by atoms with Gasteiger partial charge < -0.3 is 4.90 Å². The summed E-state index contributed by atoms with van der Waals surface area (Å²) in [6.45, 7) is 6.88. The molecule has 1 aromatic carbocycles. The van der Waals surface area contributed by atoms with E-state index in [1.54, 1.807) is 30.1 Å². The number of hydrogen-bond donors (Lipinski definition) is 1. The summed E-state index contributed by atoms with van der Waals surface area (Å²) in [4.78, 5) is 16.1. The van der Waals surface area contributed by atoms with Crippen LogP contribution < -0.4 is 9.62 Å². The van der Waals surface area contributed by atoms with Gasteiger partial charge in [-0.2, -0.15) is 0 Å². The average Bonchev–Trinajstić information content (AvgIpc) is 2.93. The molecule has 1 aromatic rings. The molecule has 1 N–H and O–H groups in total. The van der Waals surface area contributed by atoms with Gasteiger partial charge in [0.05, 0.1) is 11.3 Å². The van der Waals surface area contributed by atoms with Crippen molar-refractivity contribution in [1.29, 1.82) is 0 Å². The van der Waals surface area contributed by atoms with Crippen LogP contribution in [-0.4, -0.2) is 51.9 Å². The Bertz CT molecular complexity index is 786. The Morgan fingerprint density at radius 3 is 2.52 bits per heavy atom. The maximum absolute atomic E-state index is 12.8. The van der Waals surface area contributed by atoms with Crippen LogP contribution in [0.2, 0.25) is 0 Å². The summed E-state index contributed by atoms with van der Waals surface area (Å²) in [5.41, 5.74) is 1.57. The SMILES string of the molecule is CC(C)CC(CNS(=O)(=O)c1ccc2c(c1)CC(=O)N2C)N1CCCCC1. The first kappa shape index (κ1) is 20.3. The van der Waals surface area contributed by atoms with Gasteiger partial charge in [-0.1, -0.05) is 20.3 Å². The van der Waals surface area contributed by atoms with Crippen LogP contribution in [0.4, 0.5) is 5.69 Å². The third-order valence-electron chi connectivity index (χ3n) is 5.60. The van der Waals surface area contributed by atoms with Gasteiger partial charge in [-0.25, -0.2) is 13.1 Å². The molecular formula is C20H31N3O3S. The van der Waals surface area contributed by atoms with Crippen LogP contribution in [0.15, 0.2) is 23.1 Å². The summed E-state index contributed by atoms with van der Waals surface area (Å²) in [6, 6.07) is 5.18. The predicted molar refractivity (Wildman–Crippen MR) is 107 cm³/mol. The van der Waals surface area contributed by atoms with Crippen molar-refractivity contribution in [1.82, 2.24) is 9.62 Å². The van der Waals surface area contributed by atoms with Crippen LogP contribution in [0, 0.1) is 5.92 Å². The van der Waals surface area contributed by atoms with Crippen molar-refractivity contribution in [2.24, 2.45) is 5.92 Å². The van der Waals surface area contributed by atoms with Gasteiger partial charge >= 0.3 is 0 Å². The number of piperidine rings is 1. The number of carbonyl (C=O) groups is 1. The van der Waals surface area contributed by atoms with Crippen LogP contribution in [0.5, 0.6) is 0 Å². The van der Waals surface area contributed by atoms with E-state index in [4.69, 9.17) is 0 Å². The minimum atomic E-state index is -3.59. The highest BCUT2D eigenvalue weighted by atomic mass is 32.2. The maximum atomic E-state index is 12.8. The largest absolute Gasteiger partial charge is 0.315 e. The van der Waals surface area contributed by atoms with Crippen molar-refractivity contribution < 1.29 is 13.2 Å². The topological polar surface area (TPSA) is 69.7 Å². The molecule has 0 spiro atoms. The van der Waals surface area contributed by atoms with E-state index in [9.17, 15) is 13.2 Å². The zero-order valence-electron chi connectivity index (χ0n) is 16.6. The van der Waals surface area contributed by atoms with E-state index in [1.807, 2.05) is 0 Å². The van der Waals surface area contributed by atoms with Crippen molar-refractivity contribution in [2.75, 3.05) is 31.6 Å². The van der Waals surface area contributed by atoms with Gasteiger partial charge in [0.1, 0.15) is 0 Å². The molecule has 7 heteroatoms. The molecule has 6 nitrogen and oxygen atoms in total. The molecule has 2 aliphatic rings. The molecule has 0 saturated carbocycles. The lowest BCUT2D eigenvalue weighted by Gasteiger charge is -2.35. The normalized spacial score (nSPS) is 19.6. The smallest absolute Gasteiger partial charge is 0.240 e. The first-order chi connectivity index (χ1) is 12.8. The number of likely N-dealkylation sites (N-methyl/N-ethyl adjacent to an activating group) is 1. The van der Waals surface area contributed by atoms with E-state index in [1.165, 1.54) is 19.3 Å². The number of hydrogen-bond acceptors (Lipinski definition) is 4. The molecule has 0 aromatic heterocycles. The molecule has 0 aliphatic carbocycles. The Balaban J connectivity index is 1.71. The number of benzene rings is 1. The van der Waals surface area contributed by atoms with Gasteiger partial charge in [0, 0.05) is 25.3 Å². The highest BCUT2D eigenvalue weighted by molar-refractivity contribution is 7.89. The second kappa shape index (κ2) is 8.29. The Labute approximate surface area is 163 Å². The van der Waals surface area contributed by atoms with E-state index >= 15 is 0 Å². The average molecular weight is 394 g/mol. The van der Waals surface area contributed by atoms with Crippen molar-refractivity contribution in [3.63, 3.8) is 0 Å². The van der Waals surface area contributed by atoms with Crippen molar-refractivity contribution in [2.45, 2.75) is 56.9 Å². The summed E-state index contributed by atoms with van der Waals surface area (Å²) in [5, 5.41) is 0. The highest BCUT2D eigenvalue weighted by Gasteiger charge is 2.27. The van der Waals surface area contributed by atoms with Crippen LogP contribution in [0.1, 0.15) is 45.1 Å². The molecule has 1 atom stereocenters. The third kappa shape index (κ3) is 4.70. The zero-order valence-corrected chi connectivity index (χ0v) is 17.4. The number of nitrogens with zero attached hydrogens (tertiary/aromatic N) is 2. The zero-order chi connectivity index (χ0) is 19.6. The minimum Gasteiger partial charge on any atom is -0.315 e. The fraction of sp³-hybridized carbons (Fsp3) is 0.650. The lowest BCUT2D eigenvalue weighted by atomic mass is 10.00. The Kier molecular flexibility index (Phi) is 6.23. The molecule has 2 aliphatic heterocycles. The Morgan fingerprint density at radius 1 is 1.15 bits per heavy atom. The number of anilines is 1. The van der Waals surface area contributed by atoms with Crippen LogP contribution >= 0.6 is 0 Å². The molecule has 2 heterocycles. The van der Waals surface area contributed by atoms with Crippen LogP contribution in [0.25, 0.3) is 0 Å². The summed E-state index contributed by atoms with van der Waals surface area (Å²) in [5.74, 6) is 0.512. The number of carbonyl (C=O) groups excluding carboxylic acids is 1. The lowest BCUT2D eigenvalue weighted by molar-refractivity contribution is -0.117. The van der Waals surface area contributed by atoms with Crippen LogP contribution in [0.3, 0.4) is 0 Å². The summed E-state index contributed by atoms with van der Waals surface area (Å²) in [7, 11) is -1.87. The second-order valence-corrected chi connectivity index (χ2v) is 9.92. The van der Waals surface area contributed by atoms with Gasteiger partial charge in [0.2, 0.25) is 15.9 Å². The summed E-state index contributed by atoms with van der Waals surface area (Å²) in [6.07, 6.45) is 4.88. The number of amides is 1. The van der Waals surface area contributed by atoms with Gasteiger partial charge in [0.25, 0.3) is 0 Å². The van der Waals surface area contributed by atoms with Crippen LogP contribution in [-0.2, 0) is 21.2 Å². The van der Waals surface area contributed by atoms with Crippen molar-refractivity contribution >= 4 is 21.6 Å². The second-order valence-electron chi connectivity index (χ2n) is 8.15. The molecule has 1 unspecified atom stereocenters. The molecule has 1 amide bonds. The molecular weight excluding hydrogens is 362 g/mol. The fourth-order valence-corrected chi connectivity index (χ4v) is 5.22. The summed E-state index contributed by atoms with van der Waals surface area (Å²) >= 11 is 0. The van der Waals surface area contributed by atoms with Gasteiger partial charge in [-0.05, 0) is 62.0 Å². The molecule has 1 fully saturated rings. The highest BCUT2D eigenvalue weighted by Crippen LogP contribution is 2.29. The molecule has 3 rings (SSSR count). The van der Waals surface area contributed by atoms with E-state index in [0.29, 0.717) is 12.5 Å². The standard InChI is InChI=1S/C20H31N3O3S/c1-15(2)11-17(23-9-5-4-6-10-23)14-21-27(25,26)18-7-8-19-16(12-18)13-20(24)22(19)3/h7-8,12,15,17,21H,4-6,9-11,13-14H2,1-3H3. The number of nitrogens with one attached hydrogen (secondary N) is 1. The number of rotatable bonds is 7. The van der Waals surface area contributed by atoms with E-state index in [-0.39, 0.29) is 23.3 Å². The monoisotopic (exact) mass is 393 g/mol. The molecule has 150 valence electrons. The van der Waals surface area contributed by atoms with Gasteiger partial charge in [-0.15, -0.1) is 0 Å². The Hall–Kier alpha value is -1.44. The third-order valence-corrected chi connectivity index (χ3v) is 7.02. The first-order valence-electron chi connectivity index (χ1n) is 9.91. The number of sulfonamides is 1. The maximum Gasteiger partial charge on any atom is 0.240 e. The Morgan fingerprint density at radius 2 is 1.85 bits per heavy atom. The first-order valence-corrected chi connectivity index (χ1v) is 11.4. The number of likely N-dealkylation sites (tertiary alicyclic amines) is 1. The quantitative estimate of drug-likeness (QED) is 0.772. The summed E-state index contributed by atoms with van der Waals surface area (Å²) < 4.78 is 28.5. The molecule has 0 radical (unpaired) electrons.